The second kappa shape index (κ2) is 5.17. The molecule has 2 heteroatoms. The molecule has 0 bridgehead atoms. The number of rotatable bonds is 5. The molecule has 0 aliphatic carbocycles. The quantitative estimate of drug-likeness (QED) is 0.356. The van der Waals surface area contributed by atoms with Crippen molar-refractivity contribution in [3.8, 4) is 12.3 Å². The van der Waals surface area contributed by atoms with Crippen LogP contribution in [0, 0.1) is 12.3 Å². The number of hydrogen-bond donors (Lipinski definition) is 2. The van der Waals surface area contributed by atoms with Crippen LogP contribution in [0.1, 0.15) is 39.0 Å². The topological polar surface area (TPSA) is 46.2 Å². The Balaban J connectivity index is 3.10. The number of hydrogen-bond acceptors (Lipinski definition) is 2. The van der Waals surface area contributed by atoms with Crippen LogP contribution < -0.4 is 5.73 Å². The van der Waals surface area contributed by atoms with Crippen LogP contribution in [-0.4, -0.2) is 10.8 Å². The van der Waals surface area contributed by atoms with Gasteiger partial charge in [-0.25, -0.2) is 0 Å². The molecule has 0 aromatic heterocycles. The maximum atomic E-state index is 9.11. The first-order chi connectivity index (χ1) is 5.06. The van der Waals surface area contributed by atoms with Crippen molar-refractivity contribution in [3.63, 3.8) is 0 Å². The summed E-state index contributed by atoms with van der Waals surface area (Å²) in [4.78, 5) is 0. The first kappa shape index (κ1) is 10.5. The molecule has 0 unspecified atom stereocenters. The van der Waals surface area contributed by atoms with Crippen LogP contribution in [0.15, 0.2) is 0 Å². The fraction of sp³-hybridized carbons (Fsp3) is 0.778. The molecule has 2 nitrogen and oxygen atoms in total. The highest BCUT2D eigenvalue weighted by Crippen LogP contribution is 2.09. The summed E-state index contributed by atoms with van der Waals surface area (Å²) >= 11 is 0. The smallest absolute Gasteiger partial charge is 0.110 e. The van der Waals surface area contributed by atoms with E-state index < -0.39 is 5.72 Å². The number of terminal acetylenes is 1. The van der Waals surface area contributed by atoms with E-state index in [4.69, 9.17) is 17.3 Å². The van der Waals surface area contributed by atoms with Crippen LogP contribution >= 0.6 is 0 Å². The minimum atomic E-state index is -1.00. The molecule has 0 saturated heterocycles. The molecule has 0 amide bonds. The van der Waals surface area contributed by atoms with Gasteiger partial charge in [-0.2, -0.15) is 0 Å². The molecule has 11 heavy (non-hydrogen) atoms. The lowest BCUT2D eigenvalue weighted by Crippen LogP contribution is -2.35. The van der Waals surface area contributed by atoms with Crippen molar-refractivity contribution >= 4 is 0 Å². The van der Waals surface area contributed by atoms with Crippen LogP contribution in [0.2, 0.25) is 0 Å². The zero-order chi connectivity index (χ0) is 8.74. The molecule has 3 N–H and O–H groups in total. The maximum Gasteiger partial charge on any atom is 0.110 e. The van der Waals surface area contributed by atoms with Gasteiger partial charge in [-0.05, 0) is 26.2 Å². The molecule has 64 valence electrons. The molecular formula is C9H17NO. The van der Waals surface area contributed by atoms with Crippen LogP contribution in [0.5, 0.6) is 0 Å². The Morgan fingerprint density at radius 1 is 1.45 bits per heavy atom. The average molecular weight is 155 g/mol. The fourth-order valence-corrected chi connectivity index (χ4v) is 0.887. The molecule has 0 fully saturated rings. The van der Waals surface area contributed by atoms with E-state index in [1.165, 1.54) is 0 Å². The molecule has 0 aromatic carbocycles. The number of unbranched alkanes of at least 4 members (excludes halogenated alkanes) is 3. The maximum absolute atomic E-state index is 9.11. The van der Waals surface area contributed by atoms with E-state index in [0.29, 0.717) is 6.42 Å². The minimum Gasteiger partial charge on any atom is -0.376 e. The summed E-state index contributed by atoms with van der Waals surface area (Å²) in [5.41, 5.74) is 4.36. The van der Waals surface area contributed by atoms with E-state index in [0.717, 1.165) is 25.7 Å². The summed E-state index contributed by atoms with van der Waals surface area (Å²) in [5.74, 6) is 2.57. The lowest BCUT2D eigenvalue weighted by molar-refractivity contribution is 0.0551. The fourth-order valence-electron chi connectivity index (χ4n) is 0.887. The zero-order valence-electron chi connectivity index (χ0n) is 7.14. The van der Waals surface area contributed by atoms with Crippen LogP contribution in [0.4, 0.5) is 0 Å². The Kier molecular flexibility index (Phi) is 4.93. The van der Waals surface area contributed by atoms with Gasteiger partial charge in [0.2, 0.25) is 0 Å². The van der Waals surface area contributed by atoms with E-state index in [-0.39, 0.29) is 0 Å². The van der Waals surface area contributed by atoms with Crippen molar-refractivity contribution in [3.05, 3.63) is 0 Å². The molecule has 0 saturated carbocycles. The Labute approximate surface area is 68.8 Å². The van der Waals surface area contributed by atoms with E-state index in [1.54, 1.807) is 6.92 Å². The Morgan fingerprint density at radius 3 is 2.55 bits per heavy atom. The molecule has 0 heterocycles. The monoisotopic (exact) mass is 155 g/mol. The standard InChI is InChI=1S/C9H17NO/c1-3-4-5-6-7-8-9(2,10)11/h1,11H,4-8,10H2,2H3/t9-/m1/s1. The lowest BCUT2D eigenvalue weighted by Gasteiger charge is -2.15. The molecule has 0 aliphatic rings. The van der Waals surface area contributed by atoms with Gasteiger partial charge in [0, 0.05) is 6.42 Å². The predicted molar refractivity (Wildman–Crippen MR) is 46.7 cm³/mol. The van der Waals surface area contributed by atoms with Crippen LogP contribution in [-0.2, 0) is 0 Å². The van der Waals surface area contributed by atoms with Crippen molar-refractivity contribution in [2.45, 2.75) is 44.8 Å². The first-order valence-electron chi connectivity index (χ1n) is 4.01. The molecular weight excluding hydrogens is 138 g/mol. The van der Waals surface area contributed by atoms with Crippen molar-refractivity contribution in [2.75, 3.05) is 0 Å². The highest BCUT2D eigenvalue weighted by molar-refractivity contribution is 4.82. The second-order valence-electron chi connectivity index (χ2n) is 3.12. The van der Waals surface area contributed by atoms with E-state index in [9.17, 15) is 0 Å². The van der Waals surface area contributed by atoms with Gasteiger partial charge in [-0.3, -0.25) is 0 Å². The van der Waals surface area contributed by atoms with Gasteiger partial charge in [-0.15, -0.1) is 12.3 Å². The van der Waals surface area contributed by atoms with E-state index in [2.05, 4.69) is 5.92 Å². The van der Waals surface area contributed by atoms with Gasteiger partial charge >= 0.3 is 0 Å². The van der Waals surface area contributed by atoms with Crippen molar-refractivity contribution < 1.29 is 5.11 Å². The summed E-state index contributed by atoms with van der Waals surface area (Å²) in [6, 6.07) is 0. The molecule has 0 rings (SSSR count). The highest BCUT2D eigenvalue weighted by atomic mass is 16.3. The van der Waals surface area contributed by atoms with Gasteiger partial charge in [0.25, 0.3) is 0 Å². The zero-order valence-corrected chi connectivity index (χ0v) is 7.14. The normalized spacial score (nSPS) is 15.5. The van der Waals surface area contributed by atoms with Gasteiger partial charge in [0.15, 0.2) is 0 Å². The van der Waals surface area contributed by atoms with Crippen LogP contribution in [0.3, 0.4) is 0 Å². The average Bonchev–Trinajstić information content (AvgIpc) is 1.85. The molecule has 1 atom stereocenters. The third-order valence-corrected chi connectivity index (χ3v) is 1.50. The van der Waals surface area contributed by atoms with Crippen LogP contribution in [0.25, 0.3) is 0 Å². The Morgan fingerprint density at radius 2 is 2.09 bits per heavy atom. The van der Waals surface area contributed by atoms with Crippen molar-refractivity contribution in [1.29, 1.82) is 0 Å². The Bertz CT molecular complexity index is 129. The highest BCUT2D eigenvalue weighted by Gasteiger charge is 2.10. The van der Waals surface area contributed by atoms with Gasteiger partial charge < -0.3 is 10.8 Å². The van der Waals surface area contributed by atoms with Gasteiger partial charge in [0.1, 0.15) is 5.72 Å². The van der Waals surface area contributed by atoms with Crippen molar-refractivity contribution in [2.24, 2.45) is 5.73 Å². The number of nitrogens with two attached hydrogens (primary N) is 1. The molecule has 0 radical (unpaired) electrons. The summed E-state index contributed by atoms with van der Waals surface area (Å²) < 4.78 is 0. The predicted octanol–water partition coefficient (Wildman–Crippen LogP) is 1.24. The van der Waals surface area contributed by atoms with E-state index in [1.807, 2.05) is 0 Å². The summed E-state index contributed by atoms with van der Waals surface area (Å²) in [6.07, 6.45) is 9.59. The number of aliphatic hydroxyl groups is 1. The molecule has 0 aliphatic heterocycles. The molecule has 0 spiro atoms. The summed E-state index contributed by atoms with van der Waals surface area (Å²) in [7, 11) is 0. The molecule has 0 aromatic rings. The minimum absolute atomic E-state index is 0.650. The van der Waals surface area contributed by atoms with Gasteiger partial charge in [-0.1, -0.05) is 6.42 Å². The van der Waals surface area contributed by atoms with Crippen molar-refractivity contribution in [1.82, 2.24) is 0 Å². The SMILES string of the molecule is C#CCCCCC[C@](C)(N)O. The lowest BCUT2D eigenvalue weighted by atomic mass is 10.1. The summed E-state index contributed by atoms with van der Waals surface area (Å²) in [6.45, 7) is 1.62. The summed E-state index contributed by atoms with van der Waals surface area (Å²) in [5, 5.41) is 9.11. The second-order valence-corrected chi connectivity index (χ2v) is 3.12. The Hall–Kier alpha value is -0.520. The third-order valence-electron chi connectivity index (χ3n) is 1.50. The third kappa shape index (κ3) is 9.48. The van der Waals surface area contributed by atoms with Gasteiger partial charge in [0.05, 0.1) is 0 Å². The first-order valence-corrected chi connectivity index (χ1v) is 4.01. The largest absolute Gasteiger partial charge is 0.376 e. The van der Waals surface area contributed by atoms with E-state index >= 15 is 0 Å².